The Morgan fingerprint density at radius 2 is 1.70 bits per heavy atom. The molecule has 0 atom stereocenters. The van der Waals surface area contributed by atoms with Crippen LogP contribution in [0.1, 0.15) is 10.5 Å². The maximum atomic E-state index is 13.1. The Balaban J connectivity index is 1.50. The molecule has 0 bridgehead atoms. The lowest BCUT2D eigenvalue weighted by Gasteiger charge is -2.38. The van der Waals surface area contributed by atoms with Crippen LogP contribution in [0.25, 0.3) is 33.2 Å². The van der Waals surface area contributed by atoms with Gasteiger partial charge >= 0.3 is 0 Å². The summed E-state index contributed by atoms with van der Waals surface area (Å²) >= 11 is 0. The van der Waals surface area contributed by atoms with E-state index < -0.39 is 24.9 Å². The Labute approximate surface area is 170 Å². The van der Waals surface area contributed by atoms with Crippen LogP contribution in [-0.4, -0.2) is 49.6 Å². The minimum absolute atomic E-state index is 0.150. The Morgan fingerprint density at radius 1 is 0.967 bits per heavy atom. The van der Waals surface area contributed by atoms with Gasteiger partial charge in [-0.15, -0.1) is 0 Å². The molecule has 5 rings (SSSR count). The number of carbonyl (C=O) groups is 1. The van der Waals surface area contributed by atoms with Gasteiger partial charge in [-0.2, -0.15) is 5.10 Å². The van der Waals surface area contributed by atoms with Crippen molar-refractivity contribution < 1.29 is 13.6 Å². The zero-order valence-electron chi connectivity index (χ0n) is 16.1. The first-order valence-electron chi connectivity index (χ1n) is 9.41. The number of hydrogen-bond donors (Lipinski definition) is 0. The van der Waals surface area contributed by atoms with Gasteiger partial charge in [0.05, 0.1) is 24.8 Å². The summed E-state index contributed by atoms with van der Waals surface area (Å²) in [5.74, 6) is -3.30. The molecule has 30 heavy (non-hydrogen) atoms. The summed E-state index contributed by atoms with van der Waals surface area (Å²) < 4.78 is 28.0. The lowest BCUT2D eigenvalue weighted by Crippen LogP contribution is -2.58. The van der Waals surface area contributed by atoms with E-state index in [1.807, 2.05) is 37.5 Å². The van der Waals surface area contributed by atoms with E-state index in [-0.39, 0.29) is 5.69 Å². The molecule has 1 amide bonds. The van der Waals surface area contributed by atoms with E-state index >= 15 is 0 Å². The highest BCUT2D eigenvalue weighted by molar-refractivity contribution is 5.99. The summed E-state index contributed by atoms with van der Waals surface area (Å²) in [5.41, 5.74) is 4.47. The number of likely N-dealkylation sites (tertiary alicyclic amines) is 1. The Hall–Kier alpha value is -3.68. The molecule has 0 aliphatic carbocycles. The molecule has 4 heterocycles. The maximum Gasteiger partial charge on any atom is 0.282 e. The third-order valence-electron chi connectivity index (χ3n) is 5.18. The van der Waals surface area contributed by atoms with Crippen molar-refractivity contribution in [1.29, 1.82) is 0 Å². The highest BCUT2D eigenvalue weighted by Crippen LogP contribution is 2.31. The van der Waals surface area contributed by atoms with Crippen molar-refractivity contribution in [1.82, 2.24) is 24.6 Å². The molecule has 1 aliphatic rings. The number of rotatable bonds is 3. The number of amides is 1. The smallest absolute Gasteiger partial charge is 0.282 e. The first kappa shape index (κ1) is 18.4. The monoisotopic (exact) mass is 405 g/mol. The van der Waals surface area contributed by atoms with E-state index in [4.69, 9.17) is 0 Å². The zero-order valence-corrected chi connectivity index (χ0v) is 16.1. The number of halogens is 2. The Bertz CT molecular complexity index is 1260. The SMILES string of the molecule is Cn1cc(-c2ccc(-c3cncc4ccc(C(=O)N5CC(F)(F)C5)nc34)cc2)cn1. The number of pyridine rings is 2. The molecule has 1 aromatic carbocycles. The molecule has 0 N–H and O–H groups in total. The van der Waals surface area contributed by atoms with E-state index in [9.17, 15) is 13.6 Å². The average molecular weight is 405 g/mol. The third-order valence-corrected chi connectivity index (χ3v) is 5.18. The molecule has 1 saturated heterocycles. The molecule has 4 aromatic rings. The summed E-state index contributed by atoms with van der Waals surface area (Å²) in [4.78, 5) is 22.4. The molecule has 150 valence electrons. The molecule has 1 fully saturated rings. The van der Waals surface area contributed by atoms with Gasteiger partial charge in [0, 0.05) is 42.2 Å². The van der Waals surface area contributed by atoms with Crippen molar-refractivity contribution in [2.75, 3.05) is 13.1 Å². The highest BCUT2D eigenvalue weighted by Gasteiger charge is 2.46. The van der Waals surface area contributed by atoms with Gasteiger partial charge in [-0.25, -0.2) is 13.8 Å². The first-order valence-corrected chi connectivity index (χ1v) is 9.41. The fourth-order valence-electron chi connectivity index (χ4n) is 3.60. The number of alkyl halides is 2. The van der Waals surface area contributed by atoms with Crippen LogP contribution < -0.4 is 0 Å². The number of aromatic nitrogens is 4. The largest absolute Gasteiger partial charge is 0.325 e. The first-order chi connectivity index (χ1) is 14.4. The molecular formula is C22H17F2N5O. The number of hydrogen-bond acceptors (Lipinski definition) is 4. The molecule has 3 aromatic heterocycles. The zero-order chi connectivity index (χ0) is 20.9. The standard InChI is InChI=1S/C22H17F2N5O/c1-28-11-17(9-26-28)14-2-4-15(5-3-14)18-10-25-8-16-6-7-19(27-20(16)18)21(30)29-12-22(23,24)13-29/h2-11H,12-13H2,1H3. The van der Waals surface area contributed by atoms with Gasteiger partial charge in [-0.1, -0.05) is 24.3 Å². The van der Waals surface area contributed by atoms with E-state index in [1.165, 1.54) is 0 Å². The summed E-state index contributed by atoms with van der Waals surface area (Å²) in [6, 6.07) is 11.2. The molecule has 0 radical (unpaired) electrons. The van der Waals surface area contributed by atoms with Crippen LogP contribution in [0.4, 0.5) is 8.78 Å². The molecule has 6 nitrogen and oxygen atoms in total. The molecule has 8 heteroatoms. The van der Waals surface area contributed by atoms with Gasteiger partial charge in [-0.3, -0.25) is 14.5 Å². The topological polar surface area (TPSA) is 63.9 Å². The number of nitrogens with zero attached hydrogens (tertiary/aromatic N) is 5. The van der Waals surface area contributed by atoms with Crippen LogP contribution in [0, 0.1) is 0 Å². The van der Waals surface area contributed by atoms with Crippen molar-refractivity contribution in [3.8, 4) is 22.3 Å². The fourth-order valence-corrected chi connectivity index (χ4v) is 3.60. The maximum absolute atomic E-state index is 13.1. The fraction of sp³-hybridized carbons (Fsp3) is 0.182. The van der Waals surface area contributed by atoms with Gasteiger partial charge in [-0.05, 0) is 23.3 Å². The number of carbonyl (C=O) groups excluding carboxylic acids is 1. The molecule has 1 aliphatic heterocycles. The van der Waals surface area contributed by atoms with Crippen molar-refractivity contribution in [3.63, 3.8) is 0 Å². The van der Waals surface area contributed by atoms with Crippen LogP contribution in [0.5, 0.6) is 0 Å². The van der Waals surface area contributed by atoms with Gasteiger partial charge in [0.25, 0.3) is 11.8 Å². The van der Waals surface area contributed by atoms with Crippen molar-refractivity contribution >= 4 is 16.8 Å². The number of benzene rings is 1. The molecule has 0 spiro atoms. The Morgan fingerprint density at radius 3 is 2.37 bits per heavy atom. The molecule has 0 saturated carbocycles. The van der Waals surface area contributed by atoms with Crippen molar-refractivity contribution in [2.45, 2.75) is 5.92 Å². The van der Waals surface area contributed by atoms with E-state index in [1.54, 1.807) is 35.4 Å². The van der Waals surface area contributed by atoms with E-state index in [0.29, 0.717) is 5.52 Å². The highest BCUT2D eigenvalue weighted by atomic mass is 19.3. The number of aryl methyl sites for hydroxylation is 1. The molecule has 0 unspecified atom stereocenters. The summed E-state index contributed by atoms with van der Waals surface area (Å²) in [6.45, 7) is -1.13. The van der Waals surface area contributed by atoms with Crippen LogP contribution >= 0.6 is 0 Å². The van der Waals surface area contributed by atoms with Crippen LogP contribution in [0.3, 0.4) is 0 Å². The summed E-state index contributed by atoms with van der Waals surface area (Å²) in [7, 11) is 1.87. The normalized spacial score (nSPS) is 15.2. The van der Waals surface area contributed by atoms with Gasteiger partial charge < -0.3 is 4.90 Å². The lowest BCUT2D eigenvalue weighted by atomic mass is 10.0. The van der Waals surface area contributed by atoms with Gasteiger partial charge in [0.2, 0.25) is 0 Å². The molecular weight excluding hydrogens is 388 g/mol. The van der Waals surface area contributed by atoms with E-state index in [2.05, 4.69) is 15.1 Å². The quantitative estimate of drug-likeness (QED) is 0.520. The van der Waals surface area contributed by atoms with E-state index in [0.717, 1.165) is 32.5 Å². The van der Waals surface area contributed by atoms with Gasteiger partial charge in [0.1, 0.15) is 5.69 Å². The minimum Gasteiger partial charge on any atom is -0.325 e. The number of fused-ring (bicyclic) bond motifs is 1. The predicted molar refractivity (Wildman–Crippen MR) is 108 cm³/mol. The van der Waals surface area contributed by atoms with Crippen LogP contribution in [0.2, 0.25) is 0 Å². The van der Waals surface area contributed by atoms with Gasteiger partial charge in [0.15, 0.2) is 0 Å². The second kappa shape index (κ2) is 6.69. The van der Waals surface area contributed by atoms with Crippen LogP contribution in [-0.2, 0) is 7.05 Å². The second-order valence-electron chi connectivity index (χ2n) is 7.45. The minimum atomic E-state index is -2.81. The lowest BCUT2D eigenvalue weighted by molar-refractivity contribution is -0.113. The van der Waals surface area contributed by atoms with Crippen molar-refractivity contribution in [2.24, 2.45) is 7.05 Å². The average Bonchev–Trinajstić information content (AvgIpc) is 3.17. The third kappa shape index (κ3) is 3.20. The van der Waals surface area contributed by atoms with Crippen LogP contribution in [0.15, 0.2) is 61.2 Å². The Kier molecular flexibility index (Phi) is 4.09. The van der Waals surface area contributed by atoms with Crippen molar-refractivity contribution in [3.05, 3.63) is 66.9 Å². The summed E-state index contributed by atoms with van der Waals surface area (Å²) in [5, 5.41) is 4.96. The second-order valence-corrected chi connectivity index (χ2v) is 7.45. The predicted octanol–water partition coefficient (Wildman–Crippen LogP) is 3.79. The summed E-state index contributed by atoms with van der Waals surface area (Å²) in [6.07, 6.45) is 7.10.